The topological polar surface area (TPSA) is 49.4 Å². The fourth-order valence-corrected chi connectivity index (χ4v) is 4.99. The third-order valence-electron chi connectivity index (χ3n) is 6.12. The zero-order valence-corrected chi connectivity index (χ0v) is 18.9. The van der Waals surface area contributed by atoms with Crippen molar-refractivity contribution in [3.05, 3.63) is 58.0 Å². The monoisotopic (exact) mass is 450 g/mol. The number of nitrogens with one attached hydrogen (secondary N) is 1. The van der Waals surface area contributed by atoms with E-state index in [-0.39, 0.29) is 36.1 Å². The number of carbonyl (C=O) groups excluding carboxylic acids is 2. The summed E-state index contributed by atoms with van der Waals surface area (Å²) in [4.78, 5) is 28.7. The van der Waals surface area contributed by atoms with Crippen LogP contribution in [0, 0.1) is 17.7 Å². The molecule has 2 amide bonds. The second-order valence-corrected chi connectivity index (χ2v) is 9.37. The number of hydrogen-bond donors (Lipinski definition) is 1. The number of thiophene rings is 1. The zero-order chi connectivity index (χ0) is 21.7. The zero-order valence-electron chi connectivity index (χ0n) is 17.3. The average molecular weight is 451 g/mol. The third-order valence-corrected chi connectivity index (χ3v) is 7.21. The predicted molar refractivity (Wildman–Crippen MR) is 119 cm³/mol. The van der Waals surface area contributed by atoms with E-state index in [4.69, 9.17) is 11.6 Å². The number of nitrogens with zero attached hydrogens (tertiary/aromatic N) is 1. The van der Waals surface area contributed by atoms with E-state index < -0.39 is 6.04 Å². The molecule has 0 aliphatic heterocycles. The van der Waals surface area contributed by atoms with E-state index >= 15 is 0 Å². The molecule has 0 bridgehead atoms. The number of halogens is 2. The van der Waals surface area contributed by atoms with Crippen molar-refractivity contribution in [2.45, 2.75) is 51.7 Å². The molecule has 7 heteroatoms. The summed E-state index contributed by atoms with van der Waals surface area (Å²) in [6.07, 6.45) is 3.14. The maximum atomic E-state index is 13.5. The Bertz CT molecular complexity index is 843. The van der Waals surface area contributed by atoms with Crippen LogP contribution >= 0.6 is 22.9 Å². The molecule has 4 nitrogen and oxygen atoms in total. The Morgan fingerprint density at radius 3 is 2.60 bits per heavy atom. The molecule has 2 aromatic rings. The average Bonchev–Trinajstić information content (AvgIpc) is 3.25. The van der Waals surface area contributed by atoms with Gasteiger partial charge in [-0.25, -0.2) is 4.39 Å². The van der Waals surface area contributed by atoms with E-state index in [1.165, 1.54) is 28.4 Å². The standard InChI is InChI=1S/C23H28ClFN2O2S/c1-15-5-3-7-20(16(15)2)26-23(29)22(17-8-10-18(25)11-9-17)27(21(28)13-24)14-19-6-4-12-30-19/h4,6,8-12,15-16,20,22H,3,5,7,13-14H2,1-2H3,(H,26,29). The highest BCUT2D eigenvalue weighted by atomic mass is 35.5. The van der Waals surface area contributed by atoms with Crippen LogP contribution in [0.2, 0.25) is 0 Å². The van der Waals surface area contributed by atoms with Crippen molar-refractivity contribution in [1.29, 1.82) is 0 Å². The lowest BCUT2D eigenvalue weighted by Gasteiger charge is -2.37. The molecule has 0 spiro atoms. The SMILES string of the molecule is CC1CCCC(NC(=O)C(c2ccc(F)cc2)N(Cc2cccs2)C(=O)CCl)C1C. The quantitative estimate of drug-likeness (QED) is 0.594. The molecule has 30 heavy (non-hydrogen) atoms. The van der Waals surface area contributed by atoms with Crippen LogP contribution in [0.1, 0.15) is 49.6 Å². The molecule has 1 N–H and O–H groups in total. The molecule has 1 aliphatic rings. The number of hydrogen-bond acceptors (Lipinski definition) is 3. The van der Waals surface area contributed by atoms with Gasteiger partial charge in [0, 0.05) is 10.9 Å². The molecule has 1 heterocycles. The second-order valence-electron chi connectivity index (χ2n) is 8.07. The Kier molecular flexibility index (Phi) is 7.89. The van der Waals surface area contributed by atoms with Crippen LogP contribution in [0.25, 0.3) is 0 Å². The lowest BCUT2D eigenvalue weighted by atomic mass is 9.78. The minimum absolute atomic E-state index is 0.0545. The molecule has 1 saturated carbocycles. The Hall–Kier alpha value is -1.92. The fraction of sp³-hybridized carbons (Fsp3) is 0.478. The smallest absolute Gasteiger partial charge is 0.247 e. The van der Waals surface area contributed by atoms with Gasteiger partial charge in [0.25, 0.3) is 0 Å². The molecular weight excluding hydrogens is 423 g/mol. The van der Waals surface area contributed by atoms with Gasteiger partial charge in [-0.3, -0.25) is 9.59 Å². The molecule has 0 radical (unpaired) electrons. The maximum absolute atomic E-state index is 13.5. The van der Waals surface area contributed by atoms with Crippen molar-refractivity contribution in [2.75, 3.05) is 5.88 Å². The summed E-state index contributed by atoms with van der Waals surface area (Å²) in [5.41, 5.74) is 0.570. The normalized spacial score (nSPS) is 22.3. The molecule has 1 aromatic heterocycles. The summed E-state index contributed by atoms with van der Waals surface area (Å²) in [5, 5.41) is 5.11. The van der Waals surface area contributed by atoms with Gasteiger partial charge < -0.3 is 10.2 Å². The summed E-state index contributed by atoms with van der Waals surface area (Å²) in [5.74, 6) is -0.318. The van der Waals surface area contributed by atoms with E-state index in [0.717, 1.165) is 24.1 Å². The summed E-state index contributed by atoms with van der Waals surface area (Å²) < 4.78 is 13.5. The van der Waals surface area contributed by atoms with E-state index in [1.807, 2.05) is 17.5 Å². The van der Waals surface area contributed by atoms with Gasteiger partial charge in [0.2, 0.25) is 11.8 Å². The van der Waals surface area contributed by atoms with Crippen molar-refractivity contribution in [2.24, 2.45) is 11.8 Å². The Labute approximate surface area is 186 Å². The first-order chi connectivity index (χ1) is 14.4. The second kappa shape index (κ2) is 10.4. The third kappa shape index (κ3) is 5.41. The van der Waals surface area contributed by atoms with Gasteiger partial charge in [0.05, 0.1) is 6.54 Å². The number of alkyl halides is 1. The van der Waals surface area contributed by atoms with Gasteiger partial charge in [0.15, 0.2) is 0 Å². The van der Waals surface area contributed by atoms with Crippen molar-refractivity contribution in [1.82, 2.24) is 10.2 Å². The van der Waals surface area contributed by atoms with Crippen LogP contribution in [-0.4, -0.2) is 28.6 Å². The molecule has 162 valence electrons. The van der Waals surface area contributed by atoms with E-state index in [2.05, 4.69) is 19.2 Å². The summed E-state index contributed by atoms with van der Waals surface area (Å²) in [7, 11) is 0. The number of amides is 2. The fourth-order valence-electron chi connectivity index (χ4n) is 4.14. The highest BCUT2D eigenvalue weighted by Gasteiger charge is 2.35. The maximum Gasteiger partial charge on any atom is 0.247 e. The van der Waals surface area contributed by atoms with Gasteiger partial charge in [-0.2, -0.15) is 0 Å². The van der Waals surface area contributed by atoms with E-state index in [9.17, 15) is 14.0 Å². The highest BCUT2D eigenvalue weighted by Crippen LogP contribution is 2.31. The van der Waals surface area contributed by atoms with Gasteiger partial charge in [-0.1, -0.05) is 44.9 Å². The number of carbonyl (C=O) groups is 2. The van der Waals surface area contributed by atoms with Crippen LogP contribution in [-0.2, 0) is 16.1 Å². The van der Waals surface area contributed by atoms with E-state index in [0.29, 0.717) is 17.4 Å². The molecule has 1 fully saturated rings. The van der Waals surface area contributed by atoms with Crippen LogP contribution < -0.4 is 5.32 Å². The Balaban J connectivity index is 1.92. The van der Waals surface area contributed by atoms with Gasteiger partial charge in [-0.15, -0.1) is 22.9 Å². The first kappa shape index (κ1) is 22.8. The molecule has 4 atom stereocenters. The molecule has 4 unspecified atom stereocenters. The highest BCUT2D eigenvalue weighted by molar-refractivity contribution is 7.09. The van der Waals surface area contributed by atoms with Crippen LogP contribution in [0.15, 0.2) is 41.8 Å². The van der Waals surface area contributed by atoms with Crippen molar-refractivity contribution in [3.8, 4) is 0 Å². The van der Waals surface area contributed by atoms with Crippen LogP contribution in [0.4, 0.5) is 4.39 Å². The van der Waals surface area contributed by atoms with Gasteiger partial charge in [-0.05, 0) is 47.4 Å². The van der Waals surface area contributed by atoms with Gasteiger partial charge >= 0.3 is 0 Å². The lowest BCUT2D eigenvalue weighted by molar-refractivity contribution is -0.140. The van der Waals surface area contributed by atoms with E-state index in [1.54, 1.807) is 12.1 Å². The lowest BCUT2D eigenvalue weighted by Crippen LogP contribution is -2.50. The minimum atomic E-state index is -0.872. The largest absolute Gasteiger partial charge is 0.351 e. The predicted octanol–water partition coefficient (Wildman–Crippen LogP) is 5.14. The molecule has 1 aliphatic carbocycles. The van der Waals surface area contributed by atoms with Crippen molar-refractivity contribution < 1.29 is 14.0 Å². The van der Waals surface area contributed by atoms with Crippen molar-refractivity contribution >= 4 is 34.8 Å². The number of benzene rings is 1. The van der Waals surface area contributed by atoms with Crippen molar-refractivity contribution in [3.63, 3.8) is 0 Å². The number of rotatable bonds is 7. The molecule has 0 saturated heterocycles. The van der Waals surface area contributed by atoms with Gasteiger partial charge in [0.1, 0.15) is 17.7 Å². The molecular formula is C23H28ClFN2O2S. The first-order valence-electron chi connectivity index (χ1n) is 10.3. The Morgan fingerprint density at radius 1 is 1.23 bits per heavy atom. The summed E-state index contributed by atoms with van der Waals surface area (Å²) >= 11 is 7.42. The van der Waals surface area contributed by atoms with Crippen LogP contribution in [0.5, 0.6) is 0 Å². The Morgan fingerprint density at radius 2 is 1.97 bits per heavy atom. The first-order valence-corrected chi connectivity index (χ1v) is 11.8. The summed E-state index contributed by atoms with van der Waals surface area (Å²) in [6.45, 7) is 4.64. The summed E-state index contributed by atoms with van der Waals surface area (Å²) in [6, 6.07) is 8.77. The molecule has 1 aromatic carbocycles. The molecule has 3 rings (SSSR count). The van der Waals surface area contributed by atoms with Crippen LogP contribution in [0.3, 0.4) is 0 Å². The minimum Gasteiger partial charge on any atom is -0.351 e.